The molecular weight excluding hydrogens is 815 g/mol. The predicted molar refractivity (Wildman–Crippen MR) is 287 cm³/mol. The SMILES string of the molecule is CCCCCCCC/C=C\CCCCCCCC(=O)OCCCC/C=C\CCCCCCC(=O)NC(CO)C(O)/C=C/CCCCCCCCCCCCCCCCCCCCCCCC. The number of esters is 1. The Hall–Kier alpha value is -1.92. The Morgan fingerprint density at radius 1 is 0.409 bits per heavy atom. The molecule has 0 saturated heterocycles. The normalized spacial score (nSPS) is 12.8. The molecule has 0 aromatic rings. The smallest absolute Gasteiger partial charge is 0.305 e. The molecule has 0 spiro atoms. The molecule has 0 aliphatic heterocycles. The highest BCUT2D eigenvalue weighted by Gasteiger charge is 2.18. The highest BCUT2D eigenvalue weighted by molar-refractivity contribution is 5.76. The molecule has 0 aliphatic rings. The van der Waals surface area contributed by atoms with Gasteiger partial charge in [-0.2, -0.15) is 0 Å². The van der Waals surface area contributed by atoms with Crippen LogP contribution in [0.15, 0.2) is 36.5 Å². The minimum absolute atomic E-state index is 0.0459. The Kier molecular flexibility index (Phi) is 54.1. The number of hydrogen-bond donors (Lipinski definition) is 3. The van der Waals surface area contributed by atoms with Crippen LogP contribution in [0.1, 0.15) is 309 Å². The van der Waals surface area contributed by atoms with E-state index in [2.05, 4.69) is 43.5 Å². The second-order valence-corrected chi connectivity index (χ2v) is 20.0. The van der Waals surface area contributed by atoms with Crippen molar-refractivity contribution in [3.8, 4) is 0 Å². The molecule has 66 heavy (non-hydrogen) atoms. The van der Waals surface area contributed by atoms with Crippen molar-refractivity contribution in [1.29, 1.82) is 0 Å². The van der Waals surface area contributed by atoms with E-state index in [4.69, 9.17) is 4.74 Å². The van der Waals surface area contributed by atoms with Crippen molar-refractivity contribution >= 4 is 11.9 Å². The number of rotatable bonds is 54. The molecule has 0 aromatic heterocycles. The third-order valence-corrected chi connectivity index (χ3v) is 13.4. The lowest BCUT2D eigenvalue weighted by atomic mass is 10.0. The summed E-state index contributed by atoms with van der Waals surface area (Å²) in [6, 6.07) is -0.655. The van der Waals surface area contributed by atoms with Gasteiger partial charge in [-0.1, -0.05) is 249 Å². The van der Waals surface area contributed by atoms with E-state index in [1.54, 1.807) is 6.08 Å². The topological polar surface area (TPSA) is 95.9 Å². The number of aliphatic hydroxyl groups excluding tert-OH is 2. The van der Waals surface area contributed by atoms with Gasteiger partial charge in [0.1, 0.15) is 0 Å². The second-order valence-electron chi connectivity index (χ2n) is 20.0. The quantitative estimate of drug-likeness (QED) is 0.0321. The van der Waals surface area contributed by atoms with Gasteiger partial charge in [-0.3, -0.25) is 9.59 Å². The summed E-state index contributed by atoms with van der Waals surface area (Å²) in [4.78, 5) is 24.5. The summed E-state index contributed by atoms with van der Waals surface area (Å²) in [6.07, 6.45) is 68.9. The van der Waals surface area contributed by atoms with Crippen LogP contribution >= 0.6 is 0 Å². The van der Waals surface area contributed by atoms with E-state index in [1.165, 1.54) is 205 Å². The first-order valence-corrected chi connectivity index (χ1v) is 29.3. The van der Waals surface area contributed by atoms with Crippen LogP contribution in [0, 0.1) is 0 Å². The number of amides is 1. The molecule has 0 bridgehead atoms. The van der Waals surface area contributed by atoms with Crippen molar-refractivity contribution in [3.63, 3.8) is 0 Å². The van der Waals surface area contributed by atoms with Crippen molar-refractivity contribution in [1.82, 2.24) is 5.32 Å². The Balaban J connectivity index is 3.55. The average molecular weight is 929 g/mol. The van der Waals surface area contributed by atoms with E-state index >= 15 is 0 Å². The van der Waals surface area contributed by atoms with Gasteiger partial charge in [-0.25, -0.2) is 0 Å². The van der Waals surface area contributed by atoms with E-state index in [-0.39, 0.29) is 18.5 Å². The van der Waals surface area contributed by atoms with Crippen LogP contribution < -0.4 is 5.32 Å². The Bertz CT molecular complexity index is 1070. The lowest BCUT2D eigenvalue weighted by Gasteiger charge is -2.20. The molecular formula is C60H113NO5. The number of nitrogens with one attached hydrogen (secondary N) is 1. The molecule has 6 heteroatoms. The fraction of sp³-hybridized carbons (Fsp3) is 0.867. The van der Waals surface area contributed by atoms with Crippen LogP contribution in [0.4, 0.5) is 0 Å². The van der Waals surface area contributed by atoms with Crippen LogP contribution in [0.5, 0.6) is 0 Å². The number of unbranched alkanes of at least 4 members (excludes halogenated alkanes) is 39. The maximum atomic E-state index is 12.5. The van der Waals surface area contributed by atoms with Gasteiger partial charge in [0.25, 0.3) is 0 Å². The predicted octanol–water partition coefficient (Wildman–Crippen LogP) is 18.0. The van der Waals surface area contributed by atoms with E-state index in [0.717, 1.165) is 77.0 Å². The van der Waals surface area contributed by atoms with Crippen LogP contribution in [0.25, 0.3) is 0 Å². The highest BCUT2D eigenvalue weighted by Crippen LogP contribution is 2.17. The molecule has 0 saturated carbocycles. The van der Waals surface area contributed by atoms with Gasteiger partial charge in [-0.15, -0.1) is 0 Å². The fourth-order valence-corrected chi connectivity index (χ4v) is 8.86. The lowest BCUT2D eigenvalue weighted by molar-refractivity contribution is -0.143. The van der Waals surface area contributed by atoms with Crippen molar-refractivity contribution in [2.45, 2.75) is 321 Å². The van der Waals surface area contributed by atoms with Crippen molar-refractivity contribution in [2.75, 3.05) is 13.2 Å². The van der Waals surface area contributed by atoms with Gasteiger partial charge in [0, 0.05) is 12.8 Å². The number of aliphatic hydroxyl groups is 2. The van der Waals surface area contributed by atoms with E-state index in [0.29, 0.717) is 19.4 Å². The van der Waals surface area contributed by atoms with Gasteiger partial charge in [-0.05, 0) is 83.5 Å². The summed E-state index contributed by atoms with van der Waals surface area (Å²) in [5, 5.41) is 23.2. The largest absolute Gasteiger partial charge is 0.466 e. The fourth-order valence-electron chi connectivity index (χ4n) is 8.86. The molecule has 0 heterocycles. The van der Waals surface area contributed by atoms with Crippen LogP contribution in [0.2, 0.25) is 0 Å². The van der Waals surface area contributed by atoms with Gasteiger partial charge in [0.2, 0.25) is 5.91 Å². The zero-order valence-corrected chi connectivity index (χ0v) is 44.2. The maximum Gasteiger partial charge on any atom is 0.305 e. The zero-order chi connectivity index (χ0) is 47.9. The monoisotopic (exact) mass is 928 g/mol. The Morgan fingerprint density at radius 2 is 0.712 bits per heavy atom. The third-order valence-electron chi connectivity index (χ3n) is 13.4. The first-order valence-electron chi connectivity index (χ1n) is 29.3. The minimum Gasteiger partial charge on any atom is -0.466 e. The molecule has 2 atom stereocenters. The minimum atomic E-state index is -0.868. The first kappa shape index (κ1) is 64.1. The molecule has 2 unspecified atom stereocenters. The summed E-state index contributed by atoms with van der Waals surface area (Å²) in [7, 11) is 0. The Morgan fingerprint density at radius 3 is 1.08 bits per heavy atom. The van der Waals surface area contributed by atoms with Gasteiger partial charge in [0.15, 0.2) is 0 Å². The molecule has 3 N–H and O–H groups in total. The van der Waals surface area contributed by atoms with Crippen molar-refractivity contribution < 1.29 is 24.5 Å². The van der Waals surface area contributed by atoms with Crippen LogP contribution in [0.3, 0.4) is 0 Å². The lowest BCUT2D eigenvalue weighted by Crippen LogP contribution is -2.45. The number of allylic oxidation sites excluding steroid dienone is 5. The standard InChI is InChI=1S/C60H113NO5/c1-3-5-7-9-11-13-15-17-19-20-21-22-23-24-25-26-27-29-30-32-36-40-44-48-52-58(63)57(56-62)61-59(64)53-49-45-41-37-34-35-39-43-47-51-55-66-60(65)54-50-46-42-38-33-31-28-18-16-14-12-10-8-6-4-2/h18,28,35,39,48,52,57-58,62-63H,3-17,19-27,29-34,36-38,40-47,49-51,53-56H2,1-2H3,(H,61,64)/b28-18-,39-35-,52-48+. The number of ether oxygens (including phenoxy) is 1. The van der Waals surface area contributed by atoms with E-state index < -0.39 is 12.1 Å². The van der Waals surface area contributed by atoms with Gasteiger partial charge >= 0.3 is 5.97 Å². The molecule has 0 radical (unpaired) electrons. The highest BCUT2D eigenvalue weighted by atomic mass is 16.5. The van der Waals surface area contributed by atoms with E-state index in [1.807, 2.05) is 6.08 Å². The maximum absolute atomic E-state index is 12.5. The number of carbonyl (C=O) groups excluding carboxylic acids is 2. The zero-order valence-electron chi connectivity index (χ0n) is 44.2. The summed E-state index contributed by atoms with van der Waals surface area (Å²) >= 11 is 0. The second kappa shape index (κ2) is 55.7. The molecule has 1 amide bonds. The molecule has 0 fully saturated rings. The summed E-state index contributed by atoms with van der Waals surface area (Å²) < 4.78 is 5.43. The number of carbonyl (C=O) groups is 2. The summed E-state index contributed by atoms with van der Waals surface area (Å²) in [6.45, 7) is 4.82. The number of hydrogen-bond acceptors (Lipinski definition) is 5. The third kappa shape index (κ3) is 51.5. The van der Waals surface area contributed by atoms with Gasteiger partial charge in [0.05, 0.1) is 25.4 Å². The summed E-state index contributed by atoms with van der Waals surface area (Å²) in [5.74, 6) is -0.148. The first-order chi connectivity index (χ1) is 32.5. The molecule has 0 rings (SSSR count). The summed E-state index contributed by atoms with van der Waals surface area (Å²) in [5.41, 5.74) is 0. The van der Waals surface area contributed by atoms with Crippen LogP contribution in [-0.4, -0.2) is 47.4 Å². The molecule has 388 valence electrons. The molecule has 6 nitrogen and oxygen atoms in total. The van der Waals surface area contributed by atoms with Crippen molar-refractivity contribution in [2.24, 2.45) is 0 Å². The molecule has 0 aliphatic carbocycles. The van der Waals surface area contributed by atoms with Gasteiger partial charge < -0.3 is 20.3 Å². The van der Waals surface area contributed by atoms with E-state index in [9.17, 15) is 19.8 Å². The van der Waals surface area contributed by atoms with Crippen molar-refractivity contribution in [3.05, 3.63) is 36.5 Å². The van der Waals surface area contributed by atoms with Crippen LogP contribution in [-0.2, 0) is 14.3 Å². The Labute approximate surface area is 411 Å². The average Bonchev–Trinajstić information content (AvgIpc) is 3.32. The molecule has 0 aromatic carbocycles.